The van der Waals surface area contributed by atoms with Crippen LogP contribution in [0.15, 0.2) is 27.8 Å². The number of carbonyl (C=O) groups excluding carboxylic acids is 1. The highest BCUT2D eigenvalue weighted by Gasteiger charge is 2.14. The number of hydrogen-bond donors (Lipinski definition) is 1. The van der Waals surface area contributed by atoms with E-state index in [9.17, 15) is 10.1 Å². The molecule has 1 amide bonds. The molecule has 0 bridgehead atoms. The number of methoxy groups -OCH3 is 1. The molecule has 10 heteroatoms. The normalized spacial score (nSPS) is 10.6. The first-order chi connectivity index (χ1) is 15.4. The van der Waals surface area contributed by atoms with E-state index in [0.717, 1.165) is 0 Å². The van der Waals surface area contributed by atoms with E-state index in [-0.39, 0.29) is 24.7 Å². The maximum atomic E-state index is 12.1. The number of halogens is 1. The van der Waals surface area contributed by atoms with E-state index in [2.05, 4.69) is 31.4 Å². The zero-order valence-corrected chi connectivity index (χ0v) is 20.0. The average Bonchev–Trinajstić information content (AvgIpc) is 2.75. The van der Waals surface area contributed by atoms with Gasteiger partial charge in [-0.15, -0.1) is 0 Å². The molecule has 170 valence electrons. The van der Waals surface area contributed by atoms with E-state index >= 15 is 0 Å². The standard InChI is InChI=1S/C22H25BrN4O5/c1-5-30-19-9-15(8-18(23)21(19)31-6-2)11-25-27-20(28)13-32-22-17(10-24)16(12-29-4)7-14(3)26-22/h7-9,11H,5-6,12-13H2,1-4H3,(H,27,28)/b25-11-. The summed E-state index contributed by atoms with van der Waals surface area (Å²) in [6, 6.07) is 7.35. The van der Waals surface area contributed by atoms with Crippen LogP contribution in [0.3, 0.4) is 0 Å². The van der Waals surface area contributed by atoms with E-state index in [4.69, 9.17) is 18.9 Å². The van der Waals surface area contributed by atoms with Crippen molar-refractivity contribution in [2.45, 2.75) is 27.4 Å². The minimum Gasteiger partial charge on any atom is -0.490 e. The Morgan fingerprint density at radius 3 is 2.66 bits per heavy atom. The SMILES string of the molecule is CCOc1cc(/C=N\NC(=O)COc2nc(C)cc(COC)c2C#N)cc(Br)c1OCC. The van der Waals surface area contributed by atoms with Crippen molar-refractivity contribution in [3.63, 3.8) is 0 Å². The zero-order valence-electron chi connectivity index (χ0n) is 18.4. The van der Waals surface area contributed by atoms with E-state index in [1.54, 1.807) is 25.1 Å². The first-order valence-electron chi connectivity index (χ1n) is 9.86. The fraction of sp³-hybridized carbons (Fsp3) is 0.364. The molecule has 1 heterocycles. The maximum Gasteiger partial charge on any atom is 0.278 e. The van der Waals surface area contributed by atoms with Gasteiger partial charge >= 0.3 is 0 Å². The van der Waals surface area contributed by atoms with Gasteiger partial charge in [-0.3, -0.25) is 4.79 Å². The van der Waals surface area contributed by atoms with Crippen LogP contribution in [0, 0.1) is 18.3 Å². The van der Waals surface area contributed by atoms with Gasteiger partial charge in [0, 0.05) is 18.4 Å². The number of aryl methyl sites for hydroxylation is 1. The summed E-state index contributed by atoms with van der Waals surface area (Å²) < 4.78 is 22.5. The zero-order chi connectivity index (χ0) is 23.5. The fourth-order valence-corrected chi connectivity index (χ4v) is 3.33. The number of ether oxygens (including phenoxy) is 4. The summed E-state index contributed by atoms with van der Waals surface area (Å²) in [5.74, 6) is 0.754. The van der Waals surface area contributed by atoms with Gasteiger partial charge in [0.25, 0.3) is 5.91 Å². The number of amides is 1. The minimum absolute atomic E-state index is 0.0791. The highest BCUT2D eigenvalue weighted by Crippen LogP contribution is 2.36. The average molecular weight is 505 g/mol. The molecule has 32 heavy (non-hydrogen) atoms. The number of pyridine rings is 1. The molecular formula is C22H25BrN4O5. The lowest BCUT2D eigenvalue weighted by molar-refractivity contribution is -0.123. The number of nitriles is 1. The molecule has 0 unspecified atom stereocenters. The number of hydrogen-bond acceptors (Lipinski definition) is 8. The summed E-state index contributed by atoms with van der Waals surface area (Å²) in [7, 11) is 1.53. The number of carbonyl (C=O) groups is 1. The summed E-state index contributed by atoms with van der Waals surface area (Å²) in [4.78, 5) is 16.3. The Hall–Kier alpha value is -3.16. The largest absolute Gasteiger partial charge is 0.490 e. The molecule has 0 aliphatic carbocycles. The van der Waals surface area contributed by atoms with Gasteiger partial charge in [-0.05, 0) is 60.5 Å². The van der Waals surface area contributed by atoms with Gasteiger partial charge in [0.15, 0.2) is 18.1 Å². The van der Waals surface area contributed by atoms with Gasteiger partial charge in [-0.2, -0.15) is 10.4 Å². The summed E-state index contributed by atoms with van der Waals surface area (Å²) in [5, 5.41) is 13.4. The molecule has 0 spiro atoms. The van der Waals surface area contributed by atoms with Crippen LogP contribution in [-0.2, 0) is 16.1 Å². The van der Waals surface area contributed by atoms with Gasteiger partial charge in [-0.25, -0.2) is 10.4 Å². The molecule has 0 aliphatic rings. The van der Waals surface area contributed by atoms with Crippen molar-refractivity contribution in [1.29, 1.82) is 5.26 Å². The van der Waals surface area contributed by atoms with Crippen molar-refractivity contribution in [3.05, 3.63) is 45.1 Å². The van der Waals surface area contributed by atoms with Crippen LogP contribution in [0.1, 0.15) is 36.2 Å². The molecule has 0 fully saturated rings. The Morgan fingerprint density at radius 2 is 2.00 bits per heavy atom. The third-order valence-electron chi connectivity index (χ3n) is 3.97. The third kappa shape index (κ3) is 6.93. The second-order valence-corrected chi connectivity index (χ2v) is 7.28. The molecule has 1 aromatic heterocycles. The van der Waals surface area contributed by atoms with Crippen LogP contribution in [-0.4, -0.2) is 44.0 Å². The molecule has 0 saturated carbocycles. The highest BCUT2D eigenvalue weighted by molar-refractivity contribution is 9.10. The van der Waals surface area contributed by atoms with Gasteiger partial charge in [0.2, 0.25) is 5.88 Å². The van der Waals surface area contributed by atoms with Gasteiger partial charge < -0.3 is 18.9 Å². The molecule has 0 saturated heterocycles. The molecule has 1 aromatic carbocycles. The number of hydrazone groups is 1. The second kappa shape index (κ2) is 12.6. The number of aromatic nitrogens is 1. The number of nitrogens with zero attached hydrogens (tertiary/aromatic N) is 3. The summed E-state index contributed by atoms with van der Waals surface area (Å²) in [5.41, 5.74) is 4.60. The quantitative estimate of drug-likeness (QED) is 0.367. The molecule has 0 radical (unpaired) electrons. The van der Waals surface area contributed by atoms with E-state index in [1.807, 2.05) is 19.9 Å². The van der Waals surface area contributed by atoms with Crippen LogP contribution in [0.4, 0.5) is 0 Å². The lowest BCUT2D eigenvalue weighted by atomic mass is 10.1. The molecule has 0 aliphatic heterocycles. The Kier molecular flexibility index (Phi) is 9.91. The van der Waals surface area contributed by atoms with E-state index in [1.165, 1.54) is 13.3 Å². The maximum absolute atomic E-state index is 12.1. The minimum atomic E-state index is -0.503. The topological polar surface area (TPSA) is 115 Å². The Morgan fingerprint density at radius 1 is 1.25 bits per heavy atom. The second-order valence-electron chi connectivity index (χ2n) is 6.43. The van der Waals surface area contributed by atoms with Gasteiger partial charge in [0.1, 0.15) is 11.6 Å². The predicted octanol–water partition coefficient (Wildman–Crippen LogP) is 3.50. The fourth-order valence-electron chi connectivity index (χ4n) is 2.76. The first kappa shape index (κ1) is 25.1. The van der Waals surface area contributed by atoms with Crippen molar-refractivity contribution in [2.75, 3.05) is 26.9 Å². The molecule has 9 nitrogen and oxygen atoms in total. The Bertz CT molecular complexity index is 1020. The molecule has 0 atom stereocenters. The Balaban J connectivity index is 2.04. The Labute approximate surface area is 195 Å². The molecular weight excluding hydrogens is 480 g/mol. The monoisotopic (exact) mass is 504 g/mol. The first-order valence-corrected chi connectivity index (χ1v) is 10.7. The molecule has 2 rings (SSSR count). The van der Waals surface area contributed by atoms with E-state index < -0.39 is 5.91 Å². The summed E-state index contributed by atoms with van der Waals surface area (Å²) >= 11 is 3.46. The van der Waals surface area contributed by atoms with Crippen LogP contribution in [0.2, 0.25) is 0 Å². The predicted molar refractivity (Wildman–Crippen MR) is 122 cm³/mol. The number of benzene rings is 1. The highest BCUT2D eigenvalue weighted by atomic mass is 79.9. The lowest BCUT2D eigenvalue weighted by Gasteiger charge is -2.13. The molecule has 2 aromatic rings. The lowest BCUT2D eigenvalue weighted by Crippen LogP contribution is -2.25. The van der Waals surface area contributed by atoms with Crippen molar-refractivity contribution in [3.8, 4) is 23.4 Å². The van der Waals surface area contributed by atoms with Crippen molar-refractivity contribution in [2.24, 2.45) is 5.10 Å². The van der Waals surface area contributed by atoms with E-state index in [0.29, 0.717) is 46.0 Å². The van der Waals surface area contributed by atoms with Crippen molar-refractivity contribution in [1.82, 2.24) is 10.4 Å². The van der Waals surface area contributed by atoms with Crippen LogP contribution in [0.5, 0.6) is 17.4 Å². The molecule has 1 N–H and O–H groups in total. The van der Waals surface area contributed by atoms with Crippen molar-refractivity contribution >= 4 is 28.1 Å². The van der Waals surface area contributed by atoms with Crippen LogP contribution in [0.25, 0.3) is 0 Å². The van der Waals surface area contributed by atoms with Crippen molar-refractivity contribution < 1.29 is 23.7 Å². The summed E-state index contributed by atoms with van der Waals surface area (Å²) in [6.45, 7) is 6.39. The number of rotatable bonds is 11. The summed E-state index contributed by atoms with van der Waals surface area (Å²) in [6.07, 6.45) is 1.48. The smallest absolute Gasteiger partial charge is 0.278 e. The van der Waals surface area contributed by atoms with Gasteiger partial charge in [0.05, 0.1) is 30.5 Å². The van der Waals surface area contributed by atoms with Crippen LogP contribution >= 0.6 is 15.9 Å². The van der Waals surface area contributed by atoms with Crippen LogP contribution < -0.4 is 19.6 Å². The third-order valence-corrected chi connectivity index (χ3v) is 4.56. The van der Waals surface area contributed by atoms with Gasteiger partial charge in [-0.1, -0.05) is 0 Å². The number of nitrogens with one attached hydrogen (secondary N) is 1.